The molecule has 0 aromatic carbocycles. The van der Waals surface area contributed by atoms with Gasteiger partial charge in [-0.05, 0) is 6.92 Å². The molecule has 1 amide bonds. The Bertz CT molecular complexity index is 190. The Morgan fingerprint density at radius 3 is 2.73 bits per heavy atom. The Labute approximate surface area is 63.6 Å². The van der Waals surface area contributed by atoms with Crippen LogP contribution in [0.3, 0.4) is 0 Å². The number of carboxylic acid groups (broad SMARTS) is 1. The molecule has 0 aliphatic rings. The normalized spacial score (nSPS) is 14.6. The van der Waals surface area contributed by atoms with Crippen molar-refractivity contribution in [3.05, 3.63) is 0 Å². The number of rotatable bonds is 3. The van der Waals surface area contributed by atoms with Gasteiger partial charge in [-0.25, -0.2) is 4.79 Å². The van der Waals surface area contributed by atoms with Gasteiger partial charge in [-0.3, -0.25) is 4.39 Å². The van der Waals surface area contributed by atoms with E-state index in [1.54, 1.807) is 6.07 Å². The maximum atomic E-state index is 11.7. The lowest BCUT2D eigenvalue weighted by molar-refractivity contribution is 0.183. The second kappa shape index (κ2) is 3.76. The highest BCUT2D eigenvalue weighted by molar-refractivity contribution is 5.66. The molecule has 0 aliphatic heterocycles. The van der Waals surface area contributed by atoms with Gasteiger partial charge in [0.2, 0.25) is 0 Å². The van der Waals surface area contributed by atoms with Crippen molar-refractivity contribution in [2.45, 2.75) is 18.9 Å². The molecule has 0 aliphatic carbocycles. The molecule has 0 radical (unpaired) electrons. The van der Waals surface area contributed by atoms with Crippen LogP contribution in [0.2, 0.25) is 0 Å². The van der Waals surface area contributed by atoms with Crippen LogP contribution in [0.25, 0.3) is 0 Å². The molecule has 4 nitrogen and oxygen atoms in total. The van der Waals surface area contributed by atoms with E-state index in [-0.39, 0.29) is 6.42 Å². The summed E-state index contributed by atoms with van der Waals surface area (Å²) >= 11 is 0. The van der Waals surface area contributed by atoms with Crippen molar-refractivity contribution in [3.63, 3.8) is 0 Å². The lowest BCUT2D eigenvalue weighted by Crippen LogP contribution is -2.44. The van der Waals surface area contributed by atoms with Gasteiger partial charge in [-0.15, -0.1) is 0 Å². The molecule has 2 N–H and O–H groups in total. The topological polar surface area (TPSA) is 73.1 Å². The van der Waals surface area contributed by atoms with Gasteiger partial charge in [-0.1, -0.05) is 0 Å². The average molecular weight is 160 g/mol. The summed E-state index contributed by atoms with van der Waals surface area (Å²) in [5.41, 5.74) is -1.30. The third kappa shape index (κ3) is 3.40. The van der Waals surface area contributed by atoms with Crippen molar-refractivity contribution in [1.82, 2.24) is 5.32 Å². The lowest BCUT2D eigenvalue weighted by atomic mass is 10.0. The molecule has 0 saturated carbocycles. The van der Waals surface area contributed by atoms with Gasteiger partial charge >= 0.3 is 6.09 Å². The monoisotopic (exact) mass is 160 g/mol. The highest BCUT2D eigenvalue weighted by atomic mass is 19.1. The number of amides is 1. The number of halogens is 1. The van der Waals surface area contributed by atoms with Gasteiger partial charge in [0, 0.05) is 6.42 Å². The van der Waals surface area contributed by atoms with Crippen molar-refractivity contribution in [3.8, 4) is 6.07 Å². The maximum absolute atomic E-state index is 11.7. The minimum Gasteiger partial charge on any atom is -0.465 e. The van der Waals surface area contributed by atoms with Gasteiger partial charge in [-0.2, -0.15) is 5.26 Å². The Balaban J connectivity index is 4.13. The zero-order chi connectivity index (χ0) is 8.91. The number of nitriles is 1. The number of alkyl halides is 1. The maximum Gasteiger partial charge on any atom is 0.405 e. The van der Waals surface area contributed by atoms with Crippen LogP contribution in [-0.4, -0.2) is 23.4 Å². The average Bonchev–Trinajstić information content (AvgIpc) is 1.87. The molecular formula is C6H9FN2O2. The second-order valence-corrected chi connectivity index (χ2v) is 2.31. The quantitative estimate of drug-likeness (QED) is 0.644. The first-order chi connectivity index (χ1) is 5.04. The van der Waals surface area contributed by atoms with Crippen LogP contribution in [-0.2, 0) is 0 Å². The molecule has 11 heavy (non-hydrogen) atoms. The molecular weight excluding hydrogens is 151 g/mol. The first-order valence-electron chi connectivity index (χ1n) is 3.02. The minimum atomic E-state index is -1.32. The van der Waals surface area contributed by atoms with E-state index >= 15 is 0 Å². The fourth-order valence-electron chi connectivity index (χ4n) is 0.571. The summed E-state index contributed by atoms with van der Waals surface area (Å²) in [5.74, 6) is 0. The summed E-state index contributed by atoms with van der Waals surface area (Å²) < 4.78 is 11.7. The van der Waals surface area contributed by atoms with E-state index in [0.717, 1.165) is 0 Å². The number of nitrogens with one attached hydrogen (secondary N) is 1. The van der Waals surface area contributed by atoms with Crippen molar-refractivity contribution >= 4 is 6.09 Å². The third-order valence-corrected chi connectivity index (χ3v) is 1.22. The predicted molar refractivity (Wildman–Crippen MR) is 35.8 cm³/mol. The van der Waals surface area contributed by atoms with Gasteiger partial charge in [0.15, 0.2) is 0 Å². The predicted octanol–water partition coefficient (Wildman–Crippen LogP) is 0.896. The first kappa shape index (κ1) is 9.69. The summed E-state index contributed by atoms with van der Waals surface area (Å²) in [6.45, 7) is 0.616. The van der Waals surface area contributed by atoms with Crippen LogP contribution in [0.15, 0.2) is 0 Å². The SMILES string of the molecule is CC(C#N)(CCF)NC(=O)O. The molecule has 0 rings (SSSR count). The summed E-state index contributed by atoms with van der Waals surface area (Å²) in [7, 11) is 0. The largest absolute Gasteiger partial charge is 0.465 e. The van der Waals surface area contributed by atoms with E-state index in [0.29, 0.717) is 0 Å². The third-order valence-electron chi connectivity index (χ3n) is 1.22. The summed E-state index contributed by atoms with van der Waals surface area (Å²) in [5, 5.41) is 18.6. The van der Waals surface area contributed by atoms with E-state index in [9.17, 15) is 9.18 Å². The number of carbonyl (C=O) groups is 1. The molecule has 0 bridgehead atoms. The minimum absolute atomic E-state index is 0.129. The van der Waals surface area contributed by atoms with Crippen molar-refractivity contribution < 1.29 is 14.3 Å². The molecule has 0 fully saturated rings. The standard InChI is InChI=1S/C6H9FN2O2/c1-6(4-8,2-3-7)9-5(10)11/h9H,2-3H2,1H3,(H,10,11). The molecule has 1 atom stereocenters. The molecule has 1 unspecified atom stereocenters. The molecule has 0 aromatic heterocycles. The molecule has 62 valence electrons. The van der Waals surface area contributed by atoms with Crippen LogP contribution in [0.4, 0.5) is 9.18 Å². The zero-order valence-electron chi connectivity index (χ0n) is 6.09. The highest BCUT2D eigenvalue weighted by Crippen LogP contribution is 2.07. The van der Waals surface area contributed by atoms with Crippen LogP contribution in [0, 0.1) is 11.3 Å². The Morgan fingerprint density at radius 2 is 2.45 bits per heavy atom. The van der Waals surface area contributed by atoms with E-state index in [1.807, 2.05) is 5.32 Å². The summed E-state index contributed by atoms with van der Waals surface area (Å²) in [4.78, 5) is 10.1. The van der Waals surface area contributed by atoms with Gasteiger partial charge in [0.1, 0.15) is 5.54 Å². The fraction of sp³-hybridized carbons (Fsp3) is 0.667. The molecule has 0 saturated heterocycles. The van der Waals surface area contributed by atoms with Crippen LogP contribution < -0.4 is 5.32 Å². The Morgan fingerprint density at radius 1 is 1.91 bits per heavy atom. The summed E-state index contributed by atoms with van der Waals surface area (Å²) in [6.07, 6.45) is -1.45. The highest BCUT2D eigenvalue weighted by Gasteiger charge is 2.25. The number of hydrogen-bond acceptors (Lipinski definition) is 2. The van der Waals surface area contributed by atoms with Gasteiger partial charge < -0.3 is 10.4 Å². The van der Waals surface area contributed by atoms with Gasteiger partial charge in [0.25, 0.3) is 0 Å². The zero-order valence-corrected chi connectivity index (χ0v) is 6.09. The molecule has 5 heteroatoms. The van der Waals surface area contributed by atoms with Crippen LogP contribution in [0.1, 0.15) is 13.3 Å². The van der Waals surface area contributed by atoms with Crippen molar-refractivity contribution in [2.24, 2.45) is 0 Å². The number of nitrogens with zero attached hydrogens (tertiary/aromatic N) is 1. The van der Waals surface area contributed by atoms with E-state index in [4.69, 9.17) is 10.4 Å². The molecule has 0 heterocycles. The van der Waals surface area contributed by atoms with E-state index < -0.39 is 18.3 Å². The smallest absolute Gasteiger partial charge is 0.405 e. The fourth-order valence-corrected chi connectivity index (χ4v) is 0.571. The Kier molecular flexibility index (Phi) is 3.31. The lowest BCUT2D eigenvalue weighted by Gasteiger charge is -2.18. The first-order valence-corrected chi connectivity index (χ1v) is 3.02. The van der Waals surface area contributed by atoms with Crippen molar-refractivity contribution in [2.75, 3.05) is 6.67 Å². The van der Waals surface area contributed by atoms with E-state index in [2.05, 4.69) is 0 Å². The number of hydrogen-bond donors (Lipinski definition) is 2. The van der Waals surface area contributed by atoms with Crippen molar-refractivity contribution in [1.29, 1.82) is 5.26 Å². The second-order valence-electron chi connectivity index (χ2n) is 2.31. The van der Waals surface area contributed by atoms with Crippen LogP contribution in [0.5, 0.6) is 0 Å². The van der Waals surface area contributed by atoms with E-state index in [1.165, 1.54) is 6.92 Å². The Hall–Kier alpha value is -1.31. The van der Waals surface area contributed by atoms with Crippen LogP contribution >= 0.6 is 0 Å². The van der Waals surface area contributed by atoms with Gasteiger partial charge in [0.05, 0.1) is 12.7 Å². The molecule has 0 spiro atoms. The summed E-state index contributed by atoms with van der Waals surface area (Å²) in [6, 6.07) is 1.68. The molecule has 0 aromatic rings.